The summed E-state index contributed by atoms with van der Waals surface area (Å²) in [6, 6.07) is 15.5. The number of methoxy groups -OCH3 is 1. The summed E-state index contributed by atoms with van der Waals surface area (Å²) in [5, 5.41) is 10.4. The second kappa shape index (κ2) is 10.6. The molecular formula is C24H32ClNO5. The van der Waals surface area contributed by atoms with Gasteiger partial charge in [-0.15, -0.1) is 12.4 Å². The van der Waals surface area contributed by atoms with Crippen LogP contribution in [0.4, 0.5) is 0 Å². The van der Waals surface area contributed by atoms with Crippen LogP contribution in [0, 0.1) is 0 Å². The van der Waals surface area contributed by atoms with E-state index in [1.54, 1.807) is 7.11 Å². The number of rotatable bonds is 6. The van der Waals surface area contributed by atoms with Crippen LogP contribution in [0.1, 0.15) is 25.3 Å². The third kappa shape index (κ3) is 5.63. The molecule has 1 N–H and O–H groups in total. The van der Waals surface area contributed by atoms with Crippen LogP contribution >= 0.6 is 12.4 Å². The highest BCUT2D eigenvalue weighted by molar-refractivity contribution is 5.85. The summed E-state index contributed by atoms with van der Waals surface area (Å²) in [5.41, 5.74) is 0.829. The molecular weight excluding hydrogens is 418 g/mol. The summed E-state index contributed by atoms with van der Waals surface area (Å²) in [7, 11) is 1.63. The fourth-order valence-corrected chi connectivity index (χ4v) is 4.25. The van der Waals surface area contributed by atoms with Crippen LogP contribution in [0.3, 0.4) is 0 Å². The Bertz CT molecular complexity index is 823. The average Bonchev–Trinajstić information content (AvgIpc) is 2.91. The third-order valence-corrected chi connectivity index (χ3v) is 6.21. The number of piperidine rings is 1. The van der Waals surface area contributed by atoms with E-state index in [2.05, 4.69) is 17.9 Å². The van der Waals surface area contributed by atoms with Crippen LogP contribution in [0.2, 0.25) is 0 Å². The van der Waals surface area contributed by atoms with Gasteiger partial charge < -0.3 is 29.0 Å². The Balaban J connectivity index is 0.00000272. The number of aliphatic hydroxyl groups excluding tert-OH is 1. The van der Waals surface area contributed by atoms with Crippen molar-refractivity contribution in [3.63, 3.8) is 0 Å². The molecule has 6 nitrogen and oxygen atoms in total. The van der Waals surface area contributed by atoms with Gasteiger partial charge in [0.25, 0.3) is 0 Å². The second-order valence-electron chi connectivity index (χ2n) is 8.16. The largest absolute Gasteiger partial charge is 0.497 e. The van der Waals surface area contributed by atoms with Crippen LogP contribution in [0.25, 0.3) is 0 Å². The van der Waals surface area contributed by atoms with E-state index in [0.717, 1.165) is 48.7 Å². The number of halogens is 1. The molecule has 2 aliphatic heterocycles. The quantitative estimate of drug-likeness (QED) is 0.725. The first-order valence-corrected chi connectivity index (χ1v) is 10.6. The van der Waals surface area contributed by atoms with Crippen LogP contribution in [0.15, 0.2) is 48.5 Å². The zero-order valence-electron chi connectivity index (χ0n) is 18.2. The first-order chi connectivity index (χ1) is 14.6. The number of benzene rings is 2. The van der Waals surface area contributed by atoms with E-state index in [1.807, 2.05) is 42.5 Å². The van der Waals surface area contributed by atoms with Gasteiger partial charge >= 0.3 is 0 Å². The lowest BCUT2D eigenvalue weighted by Crippen LogP contribution is -2.54. The van der Waals surface area contributed by atoms with Gasteiger partial charge in [0.05, 0.1) is 13.7 Å². The fraction of sp³-hybridized carbons (Fsp3) is 0.500. The van der Waals surface area contributed by atoms with Crippen LogP contribution in [-0.4, -0.2) is 61.2 Å². The SMILES string of the molecule is COc1ccc(OCC(O)CN2CCC3(CC2)OCc2ccccc2OC3C)cc1.Cl. The summed E-state index contributed by atoms with van der Waals surface area (Å²) in [6.07, 6.45) is 1.21. The minimum Gasteiger partial charge on any atom is -0.497 e. The maximum Gasteiger partial charge on any atom is 0.125 e. The van der Waals surface area contributed by atoms with Crippen molar-refractivity contribution in [2.75, 3.05) is 33.4 Å². The van der Waals surface area contributed by atoms with Gasteiger partial charge in [0, 0.05) is 25.2 Å². The molecule has 7 heteroatoms. The third-order valence-electron chi connectivity index (χ3n) is 6.21. The number of ether oxygens (including phenoxy) is 4. The summed E-state index contributed by atoms with van der Waals surface area (Å²) in [5.74, 6) is 2.44. The Morgan fingerprint density at radius 1 is 1.10 bits per heavy atom. The van der Waals surface area contributed by atoms with Gasteiger partial charge in [-0.05, 0) is 50.1 Å². The van der Waals surface area contributed by atoms with Crippen molar-refractivity contribution in [3.8, 4) is 17.2 Å². The molecule has 2 aromatic carbocycles. The van der Waals surface area contributed by atoms with Crippen molar-refractivity contribution in [2.24, 2.45) is 0 Å². The molecule has 4 rings (SSSR count). The highest BCUT2D eigenvalue weighted by atomic mass is 35.5. The van der Waals surface area contributed by atoms with E-state index in [4.69, 9.17) is 18.9 Å². The van der Waals surface area contributed by atoms with E-state index in [1.165, 1.54) is 0 Å². The minimum atomic E-state index is -0.547. The number of hydrogen-bond donors (Lipinski definition) is 1. The summed E-state index contributed by atoms with van der Waals surface area (Å²) in [4.78, 5) is 2.28. The van der Waals surface area contributed by atoms with Crippen molar-refractivity contribution in [2.45, 2.75) is 44.2 Å². The summed E-state index contributed by atoms with van der Waals surface area (Å²) < 4.78 is 23.5. The maximum atomic E-state index is 10.4. The Labute approximate surface area is 190 Å². The Kier molecular flexibility index (Phi) is 8.06. The molecule has 31 heavy (non-hydrogen) atoms. The molecule has 2 heterocycles. The molecule has 170 valence electrons. The standard InChI is InChI=1S/C24H31NO5.ClH/c1-18-24(29-16-19-5-3-4-6-23(19)30-18)11-13-25(14-12-24)15-20(26)17-28-22-9-7-21(27-2)8-10-22;/h3-10,18,20,26H,11-17H2,1-2H3;1H. The van der Waals surface area contributed by atoms with Gasteiger partial charge in [-0.25, -0.2) is 0 Å². The van der Waals surface area contributed by atoms with E-state index in [-0.39, 0.29) is 30.7 Å². The molecule has 2 aliphatic rings. The smallest absolute Gasteiger partial charge is 0.125 e. The van der Waals surface area contributed by atoms with Crippen LogP contribution < -0.4 is 14.2 Å². The lowest BCUT2D eigenvalue weighted by atomic mass is 9.86. The topological polar surface area (TPSA) is 60.4 Å². The van der Waals surface area contributed by atoms with Gasteiger partial charge in [-0.3, -0.25) is 0 Å². The van der Waals surface area contributed by atoms with Crippen LogP contribution in [0.5, 0.6) is 17.2 Å². The monoisotopic (exact) mass is 449 g/mol. The summed E-state index contributed by atoms with van der Waals surface area (Å²) in [6.45, 7) is 5.27. The van der Waals surface area contributed by atoms with E-state index >= 15 is 0 Å². The van der Waals surface area contributed by atoms with Crippen molar-refractivity contribution in [1.29, 1.82) is 0 Å². The highest BCUT2D eigenvalue weighted by Crippen LogP contribution is 2.37. The maximum absolute atomic E-state index is 10.4. The number of para-hydroxylation sites is 1. The molecule has 0 aliphatic carbocycles. The molecule has 0 radical (unpaired) electrons. The highest BCUT2D eigenvalue weighted by Gasteiger charge is 2.43. The van der Waals surface area contributed by atoms with Crippen molar-refractivity contribution in [1.82, 2.24) is 4.90 Å². The number of likely N-dealkylation sites (tertiary alicyclic amines) is 1. The van der Waals surface area contributed by atoms with Crippen molar-refractivity contribution in [3.05, 3.63) is 54.1 Å². The zero-order chi connectivity index (χ0) is 21.0. The molecule has 1 saturated heterocycles. The second-order valence-corrected chi connectivity index (χ2v) is 8.16. The molecule has 0 bridgehead atoms. The van der Waals surface area contributed by atoms with Gasteiger partial charge in [-0.1, -0.05) is 18.2 Å². The molecule has 2 aromatic rings. The number of fused-ring (bicyclic) bond motifs is 1. The number of nitrogens with zero attached hydrogens (tertiary/aromatic N) is 1. The normalized spacial score (nSPS) is 21.2. The summed E-state index contributed by atoms with van der Waals surface area (Å²) >= 11 is 0. The molecule has 1 fully saturated rings. The van der Waals surface area contributed by atoms with E-state index in [9.17, 15) is 5.11 Å². The van der Waals surface area contributed by atoms with Gasteiger partial charge in [0.1, 0.15) is 41.7 Å². The number of hydrogen-bond acceptors (Lipinski definition) is 6. The molecule has 0 saturated carbocycles. The van der Waals surface area contributed by atoms with Crippen molar-refractivity contribution >= 4 is 12.4 Å². The Hall–Kier alpha value is -1.99. The lowest BCUT2D eigenvalue weighted by Gasteiger charge is -2.44. The van der Waals surface area contributed by atoms with E-state index in [0.29, 0.717) is 13.2 Å². The number of β-amino-alcohol motifs (C(OH)–C–C–N with tert-alkyl or cyclic N) is 1. The first-order valence-electron chi connectivity index (χ1n) is 10.6. The minimum absolute atomic E-state index is 0. The molecule has 2 atom stereocenters. The first kappa shape index (κ1) is 23.7. The predicted molar refractivity (Wildman–Crippen MR) is 121 cm³/mol. The molecule has 0 amide bonds. The van der Waals surface area contributed by atoms with E-state index < -0.39 is 6.10 Å². The van der Waals surface area contributed by atoms with Gasteiger partial charge in [-0.2, -0.15) is 0 Å². The fourth-order valence-electron chi connectivity index (χ4n) is 4.25. The Morgan fingerprint density at radius 2 is 1.77 bits per heavy atom. The Morgan fingerprint density at radius 3 is 2.48 bits per heavy atom. The molecule has 0 aromatic heterocycles. The molecule has 1 spiro atoms. The van der Waals surface area contributed by atoms with Crippen molar-refractivity contribution < 1.29 is 24.1 Å². The van der Waals surface area contributed by atoms with Gasteiger partial charge in [0.2, 0.25) is 0 Å². The average molecular weight is 450 g/mol. The van der Waals surface area contributed by atoms with Crippen LogP contribution in [-0.2, 0) is 11.3 Å². The molecule has 2 unspecified atom stereocenters. The number of aliphatic hydroxyl groups is 1. The zero-order valence-corrected chi connectivity index (χ0v) is 19.0. The lowest BCUT2D eigenvalue weighted by molar-refractivity contribution is -0.138. The predicted octanol–water partition coefficient (Wildman–Crippen LogP) is 3.69. The van der Waals surface area contributed by atoms with Gasteiger partial charge in [0.15, 0.2) is 0 Å².